The fourth-order valence-electron chi connectivity index (χ4n) is 2.77. The van der Waals surface area contributed by atoms with Gasteiger partial charge >= 0.3 is 5.97 Å². The molecule has 0 radical (unpaired) electrons. The lowest BCUT2D eigenvalue weighted by molar-refractivity contribution is -0.142. The third kappa shape index (κ3) is 3.83. The number of carbonyl (C=O) groups excluding carboxylic acids is 1. The first-order valence-electron chi connectivity index (χ1n) is 8.63. The summed E-state index contributed by atoms with van der Waals surface area (Å²) in [7, 11) is 0. The molecule has 0 spiro atoms. The number of ether oxygens (including phenoxy) is 1. The van der Waals surface area contributed by atoms with Crippen molar-refractivity contribution in [3.63, 3.8) is 0 Å². The van der Waals surface area contributed by atoms with Gasteiger partial charge in [-0.25, -0.2) is 4.98 Å². The lowest BCUT2D eigenvalue weighted by Crippen LogP contribution is -2.26. The lowest BCUT2D eigenvalue weighted by atomic mass is 10.2. The first-order valence-corrected chi connectivity index (χ1v) is 10.4. The highest BCUT2D eigenvalue weighted by molar-refractivity contribution is 8.00. The summed E-state index contributed by atoms with van der Waals surface area (Å²) in [5.74, 6) is -0.301. The molecule has 1 aliphatic rings. The number of aromatic nitrogens is 2. The molecule has 0 saturated heterocycles. The van der Waals surface area contributed by atoms with Gasteiger partial charge in [-0.1, -0.05) is 36.4 Å². The number of benzene rings is 1. The molecular weight excluding hydrogens is 368 g/mol. The van der Waals surface area contributed by atoms with Crippen molar-refractivity contribution >= 4 is 29.5 Å². The Morgan fingerprint density at radius 2 is 2.12 bits per heavy atom. The zero-order chi connectivity index (χ0) is 18.8. The second kappa shape index (κ2) is 7.88. The van der Waals surface area contributed by atoms with Crippen LogP contribution in [-0.2, 0) is 16.0 Å². The van der Waals surface area contributed by atoms with Gasteiger partial charge in [-0.15, -0.1) is 11.8 Å². The zero-order valence-corrected chi connectivity index (χ0v) is 16.9. The van der Waals surface area contributed by atoms with Gasteiger partial charge in [-0.05, 0) is 32.9 Å². The number of nitrogens with zero attached hydrogens (tertiary/aromatic N) is 2. The summed E-state index contributed by atoms with van der Waals surface area (Å²) in [5, 5.41) is 0.426. The molecule has 26 heavy (non-hydrogen) atoms. The van der Waals surface area contributed by atoms with Crippen LogP contribution in [0.4, 0.5) is 0 Å². The summed E-state index contributed by atoms with van der Waals surface area (Å²) in [5.41, 5.74) is 2.64. The van der Waals surface area contributed by atoms with Gasteiger partial charge in [0.25, 0.3) is 5.56 Å². The van der Waals surface area contributed by atoms with Crippen molar-refractivity contribution in [3.8, 4) is 5.69 Å². The predicted octanol–water partition coefficient (Wildman–Crippen LogP) is 3.62. The third-order valence-electron chi connectivity index (χ3n) is 4.07. The van der Waals surface area contributed by atoms with Crippen LogP contribution in [0.1, 0.15) is 32.0 Å². The molecule has 1 aliphatic heterocycles. The van der Waals surface area contributed by atoms with Crippen molar-refractivity contribution in [2.75, 3.05) is 6.61 Å². The third-order valence-corrected chi connectivity index (χ3v) is 6.32. The molecule has 1 aromatic carbocycles. The average molecular weight is 391 g/mol. The molecule has 0 fully saturated rings. The highest BCUT2D eigenvalue weighted by Gasteiger charge is 2.28. The first kappa shape index (κ1) is 19.0. The summed E-state index contributed by atoms with van der Waals surface area (Å²) < 4.78 is 6.71. The van der Waals surface area contributed by atoms with Gasteiger partial charge in [-0.3, -0.25) is 14.2 Å². The molecule has 0 saturated carbocycles. The standard InChI is InChI=1S/C19H22N2O3S2/c1-5-24-18(23)13(4)26-19-20-15-10-12(3)25-16(15)17(22)21(19)14-8-6-11(2)7-9-14/h6-9,12-13H,5,10H2,1-4H3/t12-,13-/m1/s1. The molecule has 2 heterocycles. The fraction of sp³-hybridized carbons (Fsp3) is 0.421. The Morgan fingerprint density at radius 1 is 1.42 bits per heavy atom. The number of hydrogen-bond donors (Lipinski definition) is 0. The van der Waals surface area contributed by atoms with Crippen molar-refractivity contribution in [3.05, 3.63) is 45.9 Å². The second-order valence-electron chi connectivity index (χ2n) is 6.29. The number of thioether (sulfide) groups is 2. The van der Waals surface area contributed by atoms with Crippen LogP contribution in [0.2, 0.25) is 0 Å². The normalized spacial score (nSPS) is 17.0. The molecule has 5 nitrogen and oxygen atoms in total. The quantitative estimate of drug-likeness (QED) is 0.441. The van der Waals surface area contributed by atoms with E-state index in [9.17, 15) is 9.59 Å². The van der Waals surface area contributed by atoms with Crippen LogP contribution in [-0.4, -0.2) is 32.6 Å². The molecule has 0 aliphatic carbocycles. The van der Waals surface area contributed by atoms with Crippen LogP contribution < -0.4 is 5.56 Å². The van der Waals surface area contributed by atoms with Gasteiger partial charge in [0.15, 0.2) is 5.16 Å². The van der Waals surface area contributed by atoms with Crippen LogP contribution in [0.5, 0.6) is 0 Å². The predicted molar refractivity (Wildman–Crippen MR) is 106 cm³/mol. The summed E-state index contributed by atoms with van der Waals surface area (Å²) >= 11 is 2.84. The zero-order valence-electron chi connectivity index (χ0n) is 15.3. The van der Waals surface area contributed by atoms with E-state index in [0.717, 1.165) is 23.4 Å². The van der Waals surface area contributed by atoms with Crippen LogP contribution >= 0.6 is 23.5 Å². The Kier molecular flexibility index (Phi) is 5.77. The van der Waals surface area contributed by atoms with E-state index in [1.165, 1.54) is 11.8 Å². The number of aryl methyl sites for hydroxylation is 1. The van der Waals surface area contributed by atoms with Gasteiger partial charge in [-0.2, -0.15) is 0 Å². The topological polar surface area (TPSA) is 61.2 Å². The van der Waals surface area contributed by atoms with Crippen molar-refractivity contribution in [1.29, 1.82) is 0 Å². The maximum absolute atomic E-state index is 13.2. The summed E-state index contributed by atoms with van der Waals surface area (Å²) in [6.07, 6.45) is 0.769. The van der Waals surface area contributed by atoms with Gasteiger partial charge in [0, 0.05) is 11.7 Å². The molecule has 1 aromatic heterocycles. The van der Waals surface area contributed by atoms with E-state index in [4.69, 9.17) is 9.72 Å². The van der Waals surface area contributed by atoms with Crippen molar-refractivity contribution in [2.45, 2.75) is 54.7 Å². The van der Waals surface area contributed by atoms with Crippen molar-refractivity contribution in [1.82, 2.24) is 9.55 Å². The smallest absolute Gasteiger partial charge is 0.319 e. The van der Waals surface area contributed by atoms with Crippen molar-refractivity contribution < 1.29 is 9.53 Å². The SMILES string of the molecule is CCOC(=O)[C@@H](C)Sc1nc2c(c(=O)n1-c1ccc(C)cc1)S[C@H](C)C2. The number of rotatable bonds is 5. The van der Waals surface area contributed by atoms with Gasteiger partial charge in [0.2, 0.25) is 0 Å². The number of carbonyl (C=O) groups is 1. The van der Waals surface area contributed by atoms with E-state index in [-0.39, 0.29) is 11.5 Å². The van der Waals surface area contributed by atoms with Crippen molar-refractivity contribution in [2.24, 2.45) is 0 Å². The number of hydrogen-bond acceptors (Lipinski definition) is 6. The van der Waals surface area contributed by atoms with Gasteiger partial charge in [0.1, 0.15) is 5.25 Å². The van der Waals surface area contributed by atoms with Crippen LogP contribution in [0.3, 0.4) is 0 Å². The van der Waals surface area contributed by atoms with Gasteiger partial charge < -0.3 is 4.74 Å². The highest BCUT2D eigenvalue weighted by atomic mass is 32.2. The summed E-state index contributed by atoms with van der Waals surface area (Å²) in [4.78, 5) is 30.7. The minimum atomic E-state index is -0.442. The Balaban J connectivity index is 2.08. The van der Waals surface area contributed by atoms with E-state index in [0.29, 0.717) is 21.9 Å². The Hall–Kier alpha value is -1.73. The minimum Gasteiger partial charge on any atom is -0.465 e. The first-order chi connectivity index (χ1) is 12.4. The molecule has 0 N–H and O–H groups in total. The van der Waals surface area contributed by atoms with E-state index in [1.54, 1.807) is 30.2 Å². The Bertz CT molecular complexity index is 878. The summed E-state index contributed by atoms with van der Waals surface area (Å²) in [6, 6.07) is 7.75. The Labute approximate surface area is 161 Å². The highest BCUT2D eigenvalue weighted by Crippen LogP contribution is 2.35. The monoisotopic (exact) mass is 390 g/mol. The number of esters is 1. The maximum atomic E-state index is 13.2. The molecule has 2 atom stereocenters. The molecule has 2 aromatic rings. The summed E-state index contributed by atoms with van der Waals surface area (Å²) in [6.45, 7) is 7.99. The molecule has 0 amide bonds. The fourth-order valence-corrected chi connectivity index (χ4v) is 4.80. The minimum absolute atomic E-state index is 0.0632. The van der Waals surface area contributed by atoms with Crippen LogP contribution in [0.15, 0.2) is 39.1 Å². The second-order valence-corrected chi connectivity index (χ2v) is 9.05. The van der Waals surface area contributed by atoms with Gasteiger partial charge in [0.05, 0.1) is 22.9 Å². The van der Waals surface area contributed by atoms with Crippen LogP contribution in [0, 0.1) is 6.92 Å². The van der Waals surface area contributed by atoms with E-state index >= 15 is 0 Å². The Morgan fingerprint density at radius 3 is 2.77 bits per heavy atom. The molecule has 3 rings (SSSR count). The lowest BCUT2D eigenvalue weighted by Gasteiger charge is -2.16. The average Bonchev–Trinajstić information content (AvgIpc) is 2.97. The molecule has 0 unspecified atom stereocenters. The maximum Gasteiger partial charge on any atom is 0.319 e. The molecule has 0 bridgehead atoms. The molecule has 7 heteroatoms. The van der Waals surface area contributed by atoms with E-state index < -0.39 is 5.25 Å². The molecular formula is C19H22N2O3S2. The molecule has 138 valence electrons. The van der Waals surface area contributed by atoms with E-state index in [2.05, 4.69) is 6.92 Å². The largest absolute Gasteiger partial charge is 0.465 e. The van der Waals surface area contributed by atoms with E-state index in [1.807, 2.05) is 31.2 Å². The number of fused-ring (bicyclic) bond motifs is 1. The van der Waals surface area contributed by atoms with Crippen LogP contribution in [0.25, 0.3) is 5.69 Å².